The number of rotatable bonds is 0. The molecule has 1 rings (SSSR count). The third-order valence-corrected chi connectivity index (χ3v) is 2.18. The molecule has 1 aliphatic carbocycles. The van der Waals surface area contributed by atoms with Crippen molar-refractivity contribution in [1.29, 1.82) is 5.26 Å². The zero-order valence-corrected chi connectivity index (χ0v) is 5.89. The van der Waals surface area contributed by atoms with Gasteiger partial charge in [-0.15, -0.1) is 0 Å². The summed E-state index contributed by atoms with van der Waals surface area (Å²) in [7, 11) is 0. The predicted molar refractivity (Wildman–Crippen MR) is 36.6 cm³/mol. The third-order valence-electron chi connectivity index (χ3n) is 2.18. The molecule has 0 N–H and O–H groups in total. The summed E-state index contributed by atoms with van der Waals surface area (Å²) in [5.74, 6) is 0.830. The Kier molecular flexibility index (Phi) is 1.57. The molecular formula is C8H11N. The minimum atomic E-state index is 0.302. The van der Waals surface area contributed by atoms with Crippen LogP contribution >= 0.6 is 0 Å². The topological polar surface area (TPSA) is 23.8 Å². The molecule has 0 radical (unpaired) electrons. The Labute approximate surface area is 56.0 Å². The number of hydrogen-bond donors (Lipinski definition) is 0. The molecule has 0 saturated heterocycles. The highest BCUT2D eigenvalue weighted by molar-refractivity contribution is 5.21. The normalized spacial score (nSPS) is 37.7. The van der Waals surface area contributed by atoms with E-state index in [9.17, 15) is 0 Å². The first-order chi connectivity index (χ1) is 4.29. The van der Waals surface area contributed by atoms with Gasteiger partial charge in [0.2, 0.25) is 0 Å². The standard InChI is InChI=1S/C8H11N/c1-3-7-4-8(5-9)6(7)2/h3,6,8H,4H2,1-2H3/b7-3+/t6-,8+/m1/s1. The average Bonchev–Trinajstić information content (AvgIpc) is 1.87. The third kappa shape index (κ3) is 0.853. The largest absolute Gasteiger partial charge is 0.198 e. The van der Waals surface area contributed by atoms with E-state index in [1.54, 1.807) is 0 Å². The number of nitriles is 1. The summed E-state index contributed by atoms with van der Waals surface area (Å²) in [6.07, 6.45) is 3.13. The Balaban J connectivity index is 2.54. The second kappa shape index (κ2) is 2.23. The minimum absolute atomic E-state index is 0.302. The fraction of sp³-hybridized carbons (Fsp3) is 0.625. The zero-order chi connectivity index (χ0) is 6.85. The molecule has 1 heteroatoms. The fourth-order valence-electron chi connectivity index (χ4n) is 1.25. The quantitative estimate of drug-likeness (QED) is 0.450. The van der Waals surface area contributed by atoms with Crippen LogP contribution in [0.25, 0.3) is 0 Å². The second-order valence-corrected chi connectivity index (χ2v) is 2.59. The molecule has 9 heavy (non-hydrogen) atoms. The molecule has 0 aliphatic heterocycles. The highest BCUT2D eigenvalue weighted by atomic mass is 14.4. The van der Waals surface area contributed by atoms with E-state index in [4.69, 9.17) is 5.26 Å². The summed E-state index contributed by atoms with van der Waals surface area (Å²) in [4.78, 5) is 0. The van der Waals surface area contributed by atoms with Gasteiger partial charge in [0.05, 0.1) is 12.0 Å². The van der Waals surface area contributed by atoms with Crippen LogP contribution in [0.1, 0.15) is 20.3 Å². The second-order valence-electron chi connectivity index (χ2n) is 2.59. The van der Waals surface area contributed by atoms with E-state index in [0.29, 0.717) is 11.8 Å². The molecule has 1 fully saturated rings. The molecule has 1 nitrogen and oxygen atoms in total. The van der Waals surface area contributed by atoms with Crippen LogP contribution in [0.3, 0.4) is 0 Å². The molecular weight excluding hydrogens is 110 g/mol. The Bertz CT molecular complexity index is 173. The van der Waals surface area contributed by atoms with Crippen LogP contribution in [0, 0.1) is 23.2 Å². The Morgan fingerprint density at radius 3 is 2.78 bits per heavy atom. The van der Waals surface area contributed by atoms with Crippen molar-refractivity contribution in [2.24, 2.45) is 11.8 Å². The molecule has 1 aliphatic rings. The van der Waals surface area contributed by atoms with Crippen LogP contribution in [-0.2, 0) is 0 Å². The average molecular weight is 121 g/mol. The highest BCUT2D eigenvalue weighted by Crippen LogP contribution is 2.38. The van der Waals surface area contributed by atoms with Crippen LogP contribution in [-0.4, -0.2) is 0 Å². The maximum Gasteiger partial charge on any atom is 0.0665 e. The lowest BCUT2D eigenvalue weighted by molar-refractivity contribution is 0.376. The fourth-order valence-corrected chi connectivity index (χ4v) is 1.25. The minimum Gasteiger partial charge on any atom is -0.198 e. The number of allylic oxidation sites excluding steroid dienone is 2. The molecule has 0 bridgehead atoms. The summed E-state index contributed by atoms with van der Waals surface area (Å²) < 4.78 is 0. The van der Waals surface area contributed by atoms with Crippen LogP contribution in [0.15, 0.2) is 11.6 Å². The van der Waals surface area contributed by atoms with Crippen molar-refractivity contribution in [2.75, 3.05) is 0 Å². The monoisotopic (exact) mass is 121 g/mol. The molecule has 2 atom stereocenters. The lowest BCUT2D eigenvalue weighted by Crippen LogP contribution is -2.24. The van der Waals surface area contributed by atoms with Crippen molar-refractivity contribution in [2.45, 2.75) is 20.3 Å². The SMILES string of the molecule is C/C=C1\C[C@@H](C#N)[C@@H]1C. The van der Waals surface area contributed by atoms with Crippen molar-refractivity contribution in [3.63, 3.8) is 0 Å². The van der Waals surface area contributed by atoms with E-state index >= 15 is 0 Å². The number of nitrogens with zero attached hydrogens (tertiary/aromatic N) is 1. The smallest absolute Gasteiger partial charge is 0.0665 e. The zero-order valence-electron chi connectivity index (χ0n) is 5.89. The summed E-state index contributed by atoms with van der Waals surface area (Å²) in [6.45, 7) is 4.16. The van der Waals surface area contributed by atoms with Gasteiger partial charge >= 0.3 is 0 Å². The van der Waals surface area contributed by atoms with Gasteiger partial charge in [-0.2, -0.15) is 5.26 Å². The van der Waals surface area contributed by atoms with E-state index < -0.39 is 0 Å². The molecule has 0 aromatic rings. The van der Waals surface area contributed by atoms with Crippen LogP contribution in [0.2, 0.25) is 0 Å². The first kappa shape index (κ1) is 6.35. The van der Waals surface area contributed by atoms with Gasteiger partial charge in [0.15, 0.2) is 0 Å². The van der Waals surface area contributed by atoms with Crippen molar-refractivity contribution in [3.8, 4) is 6.07 Å². The summed E-state index contributed by atoms with van der Waals surface area (Å²) in [5, 5.41) is 8.49. The van der Waals surface area contributed by atoms with Gasteiger partial charge in [-0.3, -0.25) is 0 Å². The van der Waals surface area contributed by atoms with Crippen molar-refractivity contribution < 1.29 is 0 Å². The molecule has 0 unspecified atom stereocenters. The Morgan fingerprint density at radius 2 is 2.44 bits per heavy atom. The first-order valence-electron chi connectivity index (χ1n) is 3.34. The molecule has 0 amide bonds. The van der Waals surface area contributed by atoms with E-state index in [1.165, 1.54) is 5.57 Å². The molecule has 0 aromatic carbocycles. The van der Waals surface area contributed by atoms with Gasteiger partial charge in [-0.05, 0) is 19.3 Å². The van der Waals surface area contributed by atoms with E-state index in [-0.39, 0.29) is 0 Å². The highest BCUT2D eigenvalue weighted by Gasteiger charge is 2.30. The Hall–Kier alpha value is -0.770. The lowest BCUT2D eigenvalue weighted by Gasteiger charge is -2.31. The maximum absolute atomic E-state index is 8.49. The summed E-state index contributed by atoms with van der Waals surface area (Å²) in [6, 6.07) is 2.27. The number of hydrogen-bond acceptors (Lipinski definition) is 1. The Morgan fingerprint density at radius 1 is 1.78 bits per heavy atom. The van der Waals surface area contributed by atoms with Crippen LogP contribution in [0.4, 0.5) is 0 Å². The summed E-state index contributed by atoms with van der Waals surface area (Å²) >= 11 is 0. The molecule has 0 spiro atoms. The molecule has 0 heterocycles. The van der Waals surface area contributed by atoms with Gasteiger partial charge in [0, 0.05) is 0 Å². The molecule has 48 valence electrons. The van der Waals surface area contributed by atoms with Gasteiger partial charge in [0.25, 0.3) is 0 Å². The van der Waals surface area contributed by atoms with Crippen LogP contribution in [0.5, 0.6) is 0 Å². The van der Waals surface area contributed by atoms with Crippen molar-refractivity contribution >= 4 is 0 Å². The van der Waals surface area contributed by atoms with Crippen molar-refractivity contribution in [1.82, 2.24) is 0 Å². The van der Waals surface area contributed by atoms with Gasteiger partial charge in [-0.1, -0.05) is 18.6 Å². The van der Waals surface area contributed by atoms with Crippen LogP contribution < -0.4 is 0 Å². The molecule has 0 aromatic heterocycles. The van der Waals surface area contributed by atoms with Gasteiger partial charge in [0.1, 0.15) is 0 Å². The summed E-state index contributed by atoms with van der Waals surface area (Å²) in [5.41, 5.74) is 1.45. The van der Waals surface area contributed by atoms with Gasteiger partial charge < -0.3 is 0 Å². The van der Waals surface area contributed by atoms with Gasteiger partial charge in [-0.25, -0.2) is 0 Å². The van der Waals surface area contributed by atoms with Crippen molar-refractivity contribution in [3.05, 3.63) is 11.6 Å². The maximum atomic E-state index is 8.49. The molecule has 1 saturated carbocycles. The van der Waals surface area contributed by atoms with E-state index in [0.717, 1.165) is 6.42 Å². The first-order valence-corrected chi connectivity index (χ1v) is 3.34. The lowest BCUT2D eigenvalue weighted by atomic mass is 9.71. The predicted octanol–water partition coefficient (Wildman–Crippen LogP) is 2.11. The van der Waals surface area contributed by atoms with E-state index in [1.807, 2.05) is 6.92 Å². The van der Waals surface area contributed by atoms with E-state index in [2.05, 4.69) is 19.1 Å².